The van der Waals surface area contributed by atoms with Crippen molar-refractivity contribution >= 4 is 17.8 Å². The topological polar surface area (TPSA) is 84.5 Å². The van der Waals surface area contributed by atoms with Gasteiger partial charge < -0.3 is 15.4 Å². The number of carbonyl (C=O) groups excluding carboxylic acids is 3. The molecule has 0 bridgehead atoms. The molecule has 0 aliphatic rings. The highest BCUT2D eigenvalue weighted by atomic mass is 19.1. The highest BCUT2D eigenvalue weighted by molar-refractivity contribution is 5.90. The highest BCUT2D eigenvalue weighted by Crippen LogP contribution is 2.10. The first kappa shape index (κ1) is 22.6. The second kappa shape index (κ2) is 12.0. The van der Waals surface area contributed by atoms with Gasteiger partial charge in [-0.15, -0.1) is 0 Å². The first-order valence-corrected chi connectivity index (χ1v) is 9.27. The van der Waals surface area contributed by atoms with Gasteiger partial charge >= 0.3 is 5.97 Å². The van der Waals surface area contributed by atoms with E-state index < -0.39 is 29.8 Å². The maximum Gasteiger partial charge on any atom is 0.328 e. The predicted octanol–water partition coefficient (Wildman–Crippen LogP) is 2.50. The zero-order chi connectivity index (χ0) is 20.2. The van der Waals surface area contributed by atoms with Crippen LogP contribution in [0.5, 0.6) is 0 Å². The van der Waals surface area contributed by atoms with E-state index in [1.807, 2.05) is 0 Å². The Morgan fingerprint density at radius 1 is 1.11 bits per heavy atom. The molecule has 6 nitrogen and oxygen atoms in total. The van der Waals surface area contributed by atoms with Gasteiger partial charge in [-0.05, 0) is 24.1 Å². The monoisotopic (exact) mass is 380 g/mol. The lowest BCUT2D eigenvalue weighted by Crippen LogP contribution is -2.52. The number of methoxy groups -OCH3 is 1. The first-order chi connectivity index (χ1) is 12.9. The summed E-state index contributed by atoms with van der Waals surface area (Å²) in [5, 5.41) is 5.22. The van der Waals surface area contributed by atoms with Gasteiger partial charge in [0, 0.05) is 13.3 Å². The molecule has 150 valence electrons. The van der Waals surface area contributed by atoms with Crippen LogP contribution in [0, 0.1) is 5.82 Å². The summed E-state index contributed by atoms with van der Waals surface area (Å²) in [6.45, 7) is 3.39. The molecule has 1 rings (SSSR count). The van der Waals surface area contributed by atoms with Crippen LogP contribution in [-0.4, -0.2) is 37.0 Å². The SMILES string of the molecule is CCCCCC[C@H](NC(=O)[C@H](Cc1cccc(F)c1)NC(C)=O)C(=O)OC. The fourth-order valence-electron chi connectivity index (χ4n) is 2.79. The van der Waals surface area contributed by atoms with Gasteiger partial charge in [0.1, 0.15) is 17.9 Å². The van der Waals surface area contributed by atoms with Crippen LogP contribution in [0.4, 0.5) is 4.39 Å². The second-order valence-corrected chi connectivity index (χ2v) is 6.52. The summed E-state index contributed by atoms with van der Waals surface area (Å²) in [4.78, 5) is 36.1. The Bertz CT molecular complexity index is 636. The Morgan fingerprint density at radius 3 is 2.44 bits per heavy atom. The molecule has 1 aromatic rings. The lowest BCUT2D eigenvalue weighted by atomic mass is 10.0. The molecule has 1 aromatic carbocycles. The molecular weight excluding hydrogens is 351 g/mol. The summed E-state index contributed by atoms with van der Waals surface area (Å²) in [5.74, 6) is -1.82. The van der Waals surface area contributed by atoms with Crippen LogP contribution in [0.2, 0.25) is 0 Å². The first-order valence-electron chi connectivity index (χ1n) is 9.27. The van der Waals surface area contributed by atoms with E-state index in [0.717, 1.165) is 25.7 Å². The van der Waals surface area contributed by atoms with Crippen molar-refractivity contribution < 1.29 is 23.5 Å². The third-order valence-corrected chi connectivity index (χ3v) is 4.17. The van der Waals surface area contributed by atoms with Gasteiger partial charge in [-0.3, -0.25) is 9.59 Å². The molecule has 2 amide bonds. The van der Waals surface area contributed by atoms with Crippen molar-refractivity contribution in [3.8, 4) is 0 Å². The van der Waals surface area contributed by atoms with E-state index >= 15 is 0 Å². The second-order valence-electron chi connectivity index (χ2n) is 6.52. The molecule has 0 aliphatic carbocycles. The molecule has 0 aromatic heterocycles. The van der Waals surface area contributed by atoms with Gasteiger partial charge in [-0.25, -0.2) is 9.18 Å². The molecule has 0 aliphatic heterocycles. The molecule has 0 radical (unpaired) electrons. The lowest BCUT2D eigenvalue weighted by Gasteiger charge is -2.22. The molecular formula is C20H29FN2O4. The van der Waals surface area contributed by atoms with Crippen LogP contribution in [0.3, 0.4) is 0 Å². The minimum absolute atomic E-state index is 0.118. The number of hydrogen-bond acceptors (Lipinski definition) is 4. The van der Waals surface area contributed by atoms with Crippen molar-refractivity contribution in [1.29, 1.82) is 0 Å². The molecule has 0 spiro atoms. The van der Waals surface area contributed by atoms with Crippen molar-refractivity contribution in [2.24, 2.45) is 0 Å². The van der Waals surface area contributed by atoms with Gasteiger partial charge in [-0.2, -0.15) is 0 Å². The summed E-state index contributed by atoms with van der Waals surface area (Å²) in [7, 11) is 1.27. The number of ether oxygens (including phenoxy) is 1. The minimum Gasteiger partial charge on any atom is -0.467 e. The van der Waals surface area contributed by atoms with Gasteiger partial charge in [0.25, 0.3) is 0 Å². The number of benzene rings is 1. The van der Waals surface area contributed by atoms with Gasteiger partial charge in [-0.1, -0.05) is 44.7 Å². The Morgan fingerprint density at radius 2 is 1.85 bits per heavy atom. The Labute approximate surface area is 159 Å². The maximum atomic E-state index is 13.4. The van der Waals surface area contributed by atoms with Crippen molar-refractivity contribution in [2.75, 3.05) is 7.11 Å². The number of esters is 1. The Kier molecular flexibility index (Phi) is 10.1. The van der Waals surface area contributed by atoms with Crippen molar-refractivity contribution in [2.45, 2.75) is 64.5 Å². The molecule has 2 atom stereocenters. The smallest absolute Gasteiger partial charge is 0.328 e. The standard InChI is InChI=1S/C20H29FN2O4/c1-4-5-6-7-11-17(20(26)27-3)23-19(25)18(22-14(2)24)13-15-9-8-10-16(21)12-15/h8-10,12,17-18H,4-7,11,13H2,1-3H3,(H,22,24)(H,23,25)/t17-,18-/m0/s1. The van der Waals surface area contributed by atoms with Gasteiger partial charge in [0.05, 0.1) is 7.11 Å². The quantitative estimate of drug-likeness (QED) is 0.456. The minimum atomic E-state index is -0.910. The van der Waals surface area contributed by atoms with E-state index in [1.54, 1.807) is 12.1 Å². The lowest BCUT2D eigenvalue weighted by molar-refractivity contribution is -0.145. The third-order valence-electron chi connectivity index (χ3n) is 4.17. The van der Waals surface area contributed by atoms with Gasteiger partial charge in [0.2, 0.25) is 11.8 Å². The molecule has 7 heteroatoms. The Balaban J connectivity index is 2.81. The van der Waals surface area contributed by atoms with Crippen molar-refractivity contribution in [3.05, 3.63) is 35.6 Å². The van der Waals surface area contributed by atoms with E-state index in [-0.39, 0.29) is 12.3 Å². The molecule has 2 N–H and O–H groups in total. The van der Waals surface area contributed by atoms with Gasteiger partial charge in [0.15, 0.2) is 0 Å². The summed E-state index contributed by atoms with van der Waals surface area (Å²) < 4.78 is 18.2. The number of hydrogen-bond donors (Lipinski definition) is 2. The number of carbonyl (C=O) groups is 3. The van der Waals surface area contributed by atoms with Crippen molar-refractivity contribution in [1.82, 2.24) is 10.6 Å². The maximum absolute atomic E-state index is 13.4. The van der Waals surface area contributed by atoms with Crippen LogP contribution < -0.4 is 10.6 Å². The molecule has 0 fully saturated rings. The summed E-state index contributed by atoms with van der Waals surface area (Å²) >= 11 is 0. The molecule has 0 heterocycles. The molecule has 0 saturated heterocycles. The number of nitrogens with one attached hydrogen (secondary N) is 2. The number of unbranched alkanes of at least 4 members (excludes halogenated alkanes) is 3. The van der Waals surface area contributed by atoms with Crippen LogP contribution in [0.1, 0.15) is 51.5 Å². The van der Waals surface area contributed by atoms with Crippen LogP contribution in [0.25, 0.3) is 0 Å². The predicted molar refractivity (Wildman–Crippen MR) is 100 cm³/mol. The van der Waals surface area contributed by atoms with Crippen molar-refractivity contribution in [3.63, 3.8) is 0 Å². The van der Waals surface area contributed by atoms with E-state index in [2.05, 4.69) is 17.6 Å². The summed E-state index contributed by atoms with van der Waals surface area (Å²) in [5.41, 5.74) is 0.571. The number of rotatable bonds is 11. The summed E-state index contributed by atoms with van der Waals surface area (Å²) in [6, 6.07) is 4.15. The zero-order valence-electron chi connectivity index (χ0n) is 16.2. The zero-order valence-corrected chi connectivity index (χ0v) is 16.2. The number of amides is 2. The fraction of sp³-hybridized carbons (Fsp3) is 0.550. The normalized spacial score (nSPS) is 12.7. The van der Waals surface area contributed by atoms with E-state index in [9.17, 15) is 18.8 Å². The van der Waals surface area contributed by atoms with E-state index in [4.69, 9.17) is 4.74 Å². The van der Waals surface area contributed by atoms with E-state index in [1.165, 1.54) is 26.2 Å². The summed E-state index contributed by atoms with van der Waals surface area (Å²) in [6.07, 6.45) is 4.43. The average molecular weight is 380 g/mol. The average Bonchev–Trinajstić information content (AvgIpc) is 2.62. The van der Waals surface area contributed by atoms with Crippen LogP contribution >= 0.6 is 0 Å². The molecule has 0 saturated carbocycles. The van der Waals surface area contributed by atoms with E-state index in [0.29, 0.717) is 12.0 Å². The molecule has 27 heavy (non-hydrogen) atoms. The van der Waals surface area contributed by atoms with Crippen LogP contribution in [-0.2, 0) is 25.5 Å². The largest absolute Gasteiger partial charge is 0.467 e. The number of halogens is 1. The van der Waals surface area contributed by atoms with Crippen LogP contribution in [0.15, 0.2) is 24.3 Å². The highest BCUT2D eigenvalue weighted by Gasteiger charge is 2.26. The fourth-order valence-corrected chi connectivity index (χ4v) is 2.79. The third kappa shape index (κ3) is 8.66. The molecule has 0 unspecified atom stereocenters. The Hall–Kier alpha value is -2.44.